The van der Waals surface area contributed by atoms with Crippen molar-refractivity contribution in [3.8, 4) is 6.07 Å². The normalized spacial score (nSPS) is 24.0. The number of halogens is 1. The fourth-order valence-corrected chi connectivity index (χ4v) is 2.98. The van der Waals surface area contributed by atoms with E-state index in [0.717, 1.165) is 38.0 Å². The SMILES string of the molecule is CCC(CCC(C)c1ccc(C#N)c(F)c1)C1OCC(C)CO1. The minimum absolute atomic E-state index is 0.102. The first kappa shape index (κ1) is 17.9. The van der Waals surface area contributed by atoms with E-state index in [0.29, 0.717) is 11.8 Å². The second-order valence-corrected chi connectivity index (χ2v) is 6.64. The van der Waals surface area contributed by atoms with Crippen molar-refractivity contribution in [3.05, 3.63) is 35.1 Å². The molecule has 0 spiro atoms. The van der Waals surface area contributed by atoms with E-state index in [2.05, 4.69) is 20.8 Å². The largest absolute Gasteiger partial charge is 0.352 e. The second-order valence-electron chi connectivity index (χ2n) is 6.64. The quantitative estimate of drug-likeness (QED) is 0.768. The summed E-state index contributed by atoms with van der Waals surface area (Å²) in [6.45, 7) is 7.90. The summed E-state index contributed by atoms with van der Waals surface area (Å²) in [6, 6.07) is 6.76. The Kier molecular flexibility index (Phi) is 6.56. The Labute approximate surface area is 138 Å². The third-order valence-corrected chi connectivity index (χ3v) is 4.65. The minimum Gasteiger partial charge on any atom is -0.352 e. The van der Waals surface area contributed by atoms with Crippen LogP contribution in [0.15, 0.2) is 18.2 Å². The van der Waals surface area contributed by atoms with Crippen molar-refractivity contribution < 1.29 is 13.9 Å². The molecule has 0 saturated carbocycles. The number of hydrogen-bond acceptors (Lipinski definition) is 3. The molecule has 1 aliphatic rings. The molecule has 1 aromatic rings. The van der Waals surface area contributed by atoms with E-state index in [-0.39, 0.29) is 17.8 Å². The average molecular weight is 319 g/mol. The first-order chi connectivity index (χ1) is 11.0. The maximum absolute atomic E-state index is 13.7. The number of nitrogens with zero attached hydrogens (tertiary/aromatic N) is 1. The molecule has 0 aliphatic carbocycles. The van der Waals surface area contributed by atoms with Crippen molar-refractivity contribution in [2.24, 2.45) is 11.8 Å². The molecule has 1 saturated heterocycles. The summed E-state index contributed by atoms with van der Waals surface area (Å²) in [6.07, 6.45) is 2.83. The maximum Gasteiger partial charge on any atom is 0.160 e. The first-order valence-corrected chi connectivity index (χ1v) is 8.47. The zero-order valence-corrected chi connectivity index (χ0v) is 14.2. The Morgan fingerprint density at radius 2 is 2.00 bits per heavy atom. The van der Waals surface area contributed by atoms with E-state index < -0.39 is 5.82 Å². The zero-order valence-electron chi connectivity index (χ0n) is 14.2. The molecule has 0 radical (unpaired) electrons. The van der Waals surface area contributed by atoms with Crippen LogP contribution in [-0.4, -0.2) is 19.5 Å². The van der Waals surface area contributed by atoms with Gasteiger partial charge in [0.15, 0.2) is 6.29 Å². The summed E-state index contributed by atoms with van der Waals surface area (Å²) in [7, 11) is 0. The van der Waals surface area contributed by atoms with Crippen LogP contribution in [0.4, 0.5) is 4.39 Å². The molecule has 0 aromatic heterocycles. The van der Waals surface area contributed by atoms with Gasteiger partial charge in [0.05, 0.1) is 18.8 Å². The van der Waals surface area contributed by atoms with Crippen LogP contribution in [0.1, 0.15) is 57.1 Å². The fraction of sp³-hybridized carbons (Fsp3) is 0.632. The van der Waals surface area contributed by atoms with Crippen LogP contribution < -0.4 is 0 Å². The van der Waals surface area contributed by atoms with Gasteiger partial charge in [-0.05, 0) is 42.9 Å². The van der Waals surface area contributed by atoms with Gasteiger partial charge in [-0.15, -0.1) is 0 Å². The molecule has 3 nitrogen and oxygen atoms in total. The highest BCUT2D eigenvalue weighted by Gasteiger charge is 2.27. The van der Waals surface area contributed by atoms with E-state index in [9.17, 15) is 4.39 Å². The highest BCUT2D eigenvalue weighted by atomic mass is 19.1. The molecular weight excluding hydrogens is 293 g/mol. The summed E-state index contributed by atoms with van der Waals surface area (Å²) in [4.78, 5) is 0. The lowest BCUT2D eigenvalue weighted by molar-refractivity contribution is -0.223. The van der Waals surface area contributed by atoms with Crippen LogP contribution in [0.3, 0.4) is 0 Å². The predicted molar refractivity (Wildman–Crippen MR) is 87.4 cm³/mol. The van der Waals surface area contributed by atoms with Crippen molar-refractivity contribution in [2.45, 2.75) is 52.2 Å². The molecule has 2 unspecified atom stereocenters. The summed E-state index contributed by atoms with van der Waals surface area (Å²) in [5, 5.41) is 8.80. The second kappa shape index (κ2) is 8.42. The van der Waals surface area contributed by atoms with E-state index in [1.807, 2.05) is 12.1 Å². The molecule has 2 atom stereocenters. The third-order valence-electron chi connectivity index (χ3n) is 4.65. The number of nitriles is 1. The van der Waals surface area contributed by atoms with Crippen molar-refractivity contribution in [1.82, 2.24) is 0 Å². The van der Waals surface area contributed by atoms with Crippen molar-refractivity contribution in [3.63, 3.8) is 0 Å². The first-order valence-electron chi connectivity index (χ1n) is 8.47. The van der Waals surface area contributed by atoms with Crippen LogP contribution in [0.2, 0.25) is 0 Å². The van der Waals surface area contributed by atoms with Crippen molar-refractivity contribution in [1.29, 1.82) is 5.26 Å². The Morgan fingerprint density at radius 3 is 2.57 bits per heavy atom. The Morgan fingerprint density at radius 1 is 1.30 bits per heavy atom. The highest BCUT2D eigenvalue weighted by Crippen LogP contribution is 2.29. The molecule has 1 heterocycles. The zero-order chi connectivity index (χ0) is 16.8. The van der Waals surface area contributed by atoms with Gasteiger partial charge in [-0.25, -0.2) is 4.39 Å². The lowest BCUT2D eigenvalue weighted by Crippen LogP contribution is -2.36. The summed E-state index contributed by atoms with van der Waals surface area (Å²) in [5.41, 5.74) is 1.04. The minimum atomic E-state index is -0.433. The number of hydrogen-bond donors (Lipinski definition) is 0. The molecule has 1 aromatic carbocycles. The van der Waals surface area contributed by atoms with Gasteiger partial charge in [0.25, 0.3) is 0 Å². The molecule has 0 bridgehead atoms. The molecule has 4 heteroatoms. The lowest BCUT2D eigenvalue weighted by Gasteiger charge is -2.33. The summed E-state index contributed by atoms with van der Waals surface area (Å²) in [5.74, 6) is 0.642. The van der Waals surface area contributed by atoms with E-state index in [4.69, 9.17) is 14.7 Å². The Hall–Kier alpha value is -1.44. The van der Waals surface area contributed by atoms with Crippen LogP contribution in [0.25, 0.3) is 0 Å². The van der Waals surface area contributed by atoms with Gasteiger partial charge in [-0.2, -0.15) is 5.26 Å². The lowest BCUT2D eigenvalue weighted by atomic mass is 9.89. The molecule has 0 amide bonds. The molecule has 1 fully saturated rings. The standard InChI is InChI=1S/C19H26FNO2/c1-4-15(19-22-11-13(2)12-23-19)6-5-14(3)16-7-8-17(10-21)18(20)9-16/h7-9,13-15,19H,4-6,11-12H2,1-3H3. The third kappa shape index (κ3) is 4.76. The Balaban J connectivity index is 1.90. The van der Waals surface area contributed by atoms with E-state index in [1.165, 1.54) is 6.07 Å². The number of ether oxygens (including phenoxy) is 2. The molecular formula is C19H26FNO2. The summed E-state index contributed by atoms with van der Waals surface area (Å²) < 4.78 is 25.4. The van der Waals surface area contributed by atoms with Gasteiger partial charge in [0.1, 0.15) is 11.9 Å². The van der Waals surface area contributed by atoms with Crippen LogP contribution in [-0.2, 0) is 9.47 Å². The predicted octanol–water partition coefficient (Wildman–Crippen LogP) is 4.62. The topological polar surface area (TPSA) is 42.2 Å². The molecule has 126 valence electrons. The maximum atomic E-state index is 13.7. The van der Waals surface area contributed by atoms with Crippen molar-refractivity contribution >= 4 is 0 Å². The Bertz CT molecular complexity index is 547. The van der Waals surface area contributed by atoms with E-state index >= 15 is 0 Å². The molecule has 0 N–H and O–H groups in total. The van der Waals surface area contributed by atoms with Crippen LogP contribution in [0, 0.1) is 29.0 Å². The van der Waals surface area contributed by atoms with Gasteiger partial charge in [0, 0.05) is 11.8 Å². The van der Waals surface area contributed by atoms with Crippen molar-refractivity contribution in [2.75, 3.05) is 13.2 Å². The molecule has 2 rings (SSSR count). The van der Waals surface area contributed by atoms with Gasteiger partial charge in [0.2, 0.25) is 0 Å². The van der Waals surface area contributed by atoms with Crippen LogP contribution in [0.5, 0.6) is 0 Å². The number of benzene rings is 1. The van der Waals surface area contributed by atoms with Gasteiger partial charge < -0.3 is 9.47 Å². The van der Waals surface area contributed by atoms with Gasteiger partial charge in [-0.1, -0.05) is 26.8 Å². The highest BCUT2D eigenvalue weighted by molar-refractivity contribution is 5.34. The molecule has 23 heavy (non-hydrogen) atoms. The monoisotopic (exact) mass is 319 g/mol. The molecule has 1 aliphatic heterocycles. The van der Waals surface area contributed by atoms with E-state index in [1.54, 1.807) is 6.07 Å². The fourth-order valence-electron chi connectivity index (χ4n) is 2.98. The average Bonchev–Trinajstić information content (AvgIpc) is 2.56. The van der Waals surface area contributed by atoms with Gasteiger partial charge in [-0.3, -0.25) is 0 Å². The smallest absolute Gasteiger partial charge is 0.160 e. The van der Waals surface area contributed by atoms with Gasteiger partial charge >= 0.3 is 0 Å². The number of rotatable bonds is 6. The van der Waals surface area contributed by atoms with Crippen LogP contribution >= 0.6 is 0 Å². The summed E-state index contributed by atoms with van der Waals surface area (Å²) >= 11 is 0.